The smallest absolute Gasteiger partial charge is 0.419 e. The van der Waals surface area contributed by atoms with Gasteiger partial charge in [-0.3, -0.25) is 0 Å². The molecule has 0 heterocycles. The third-order valence-electron chi connectivity index (χ3n) is 2.85. The maximum absolute atomic E-state index is 13.2. The van der Waals surface area contributed by atoms with Crippen LogP contribution in [0.4, 0.5) is 17.6 Å². The Bertz CT molecular complexity index is 695. The van der Waals surface area contributed by atoms with Crippen LogP contribution in [0.2, 0.25) is 0 Å². The van der Waals surface area contributed by atoms with Crippen molar-refractivity contribution in [2.24, 2.45) is 0 Å². The van der Waals surface area contributed by atoms with Crippen LogP contribution in [0.25, 0.3) is 0 Å². The van der Waals surface area contributed by atoms with Crippen LogP contribution >= 0.6 is 0 Å². The minimum Gasteiger partial charge on any atom is -0.488 e. The van der Waals surface area contributed by atoms with Gasteiger partial charge in [-0.25, -0.2) is 9.18 Å². The van der Waals surface area contributed by atoms with E-state index in [1.807, 2.05) is 0 Å². The van der Waals surface area contributed by atoms with Crippen LogP contribution in [0, 0.1) is 5.82 Å². The molecule has 0 aliphatic heterocycles. The number of ether oxygens (including phenoxy) is 1. The number of alkyl halides is 3. The molecule has 0 amide bonds. The summed E-state index contributed by atoms with van der Waals surface area (Å²) in [6.07, 6.45) is -4.56. The second kappa shape index (κ2) is 6.05. The van der Waals surface area contributed by atoms with Crippen LogP contribution in [0.5, 0.6) is 5.75 Å². The number of aromatic carboxylic acids is 1. The van der Waals surface area contributed by atoms with E-state index in [0.717, 1.165) is 24.3 Å². The Morgan fingerprint density at radius 2 is 1.82 bits per heavy atom. The van der Waals surface area contributed by atoms with Crippen molar-refractivity contribution in [1.29, 1.82) is 0 Å². The quantitative estimate of drug-likeness (QED) is 0.864. The number of hydrogen-bond acceptors (Lipinski definition) is 2. The summed E-state index contributed by atoms with van der Waals surface area (Å²) < 4.78 is 56.7. The summed E-state index contributed by atoms with van der Waals surface area (Å²) in [5.41, 5.74) is -1.25. The Labute approximate surface area is 122 Å². The monoisotopic (exact) mass is 314 g/mol. The number of carboxylic acids is 1. The van der Waals surface area contributed by atoms with Gasteiger partial charge in [0.25, 0.3) is 0 Å². The molecule has 0 fully saturated rings. The van der Waals surface area contributed by atoms with E-state index in [9.17, 15) is 22.4 Å². The van der Waals surface area contributed by atoms with E-state index < -0.39 is 29.1 Å². The molecule has 0 saturated carbocycles. The van der Waals surface area contributed by atoms with Gasteiger partial charge >= 0.3 is 12.1 Å². The summed E-state index contributed by atoms with van der Waals surface area (Å²) in [7, 11) is 0. The highest BCUT2D eigenvalue weighted by atomic mass is 19.4. The third-order valence-corrected chi connectivity index (χ3v) is 2.85. The van der Waals surface area contributed by atoms with Crippen molar-refractivity contribution < 1.29 is 32.2 Å². The van der Waals surface area contributed by atoms with Crippen LogP contribution in [-0.2, 0) is 12.8 Å². The SMILES string of the molecule is O=C(O)c1cc(COc2ccccc2C(F)(F)F)ccc1F. The molecule has 7 heteroatoms. The number of carboxylic acid groups (broad SMARTS) is 1. The number of benzene rings is 2. The molecule has 3 nitrogen and oxygen atoms in total. The summed E-state index contributed by atoms with van der Waals surface area (Å²) in [5.74, 6) is -2.77. The Morgan fingerprint density at radius 3 is 2.45 bits per heavy atom. The van der Waals surface area contributed by atoms with Gasteiger partial charge in [-0.05, 0) is 29.8 Å². The van der Waals surface area contributed by atoms with Gasteiger partial charge in [0.05, 0.1) is 11.1 Å². The predicted molar refractivity (Wildman–Crippen MR) is 69.1 cm³/mol. The van der Waals surface area contributed by atoms with E-state index in [-0.39, 0.29) is 17.9 Å². The number of hydrogen-bond donors (Lipinski definition) is 1. The summed E-state index contributed by atoms with van der Waals surface area (Å²) in [6, 6.07) is 7.85. The maximum atomic E-state index is 13.2. The van der Waals surface area contributed by atoms with Crippen LogP contribution in [0.15, 0.2) is 42.5 Å². The van der Waals surface area contributed by atoms with E-state index >= 15 is 0 Å². The van der Waals surface area contributed by atoms with Crippen LogP contribution in [0.1, 0.15) is 21.5 Å². The molecule has 116 valence electrons. The summed E-state index contributed by atoms with van der Waals surface area (Å²) in [4.78, 5) is 10.8. The molecular weight excluding hydrogens is 304 g/mol. The molecule has 22 heavy (non-hydrogen) atoms. The van der Waals surface area contributed by atoms with Crippen LogP contribution < -0.4 is 4.74 Å². The standard InChI is InChI=1S/C15H10F4O3/c16-12-6-5-9(7-10(12)14(20)21)8-22-13-4-2-1-3-11(13)15(17,18)19/h1-7H,8H2,(H,20,21). The average Bonchev–Trinajstić information content (AvgIpc) is 2.45. The van der Waals surface area contributed by atoms with Crippen molar-refractivity contribution in [3.8, 4) is 5.75 Å². The number of halogens is 4. The molecule has 0 atom stereocenters. The second-order valence-electron chi connectivity index (χ2n) is 4.40. The molecule has 0 bridgehead atoms. The molecular formula is C15H10F4O3. The van der Waals surface area contributed by atoms with E-state index in [1.54, 1.807) is 0 Å². The van der Waals surface area contributed by atoms with Gasteiger partial charge < -0.3 is 9.84 Å². The molecule has 0 radical (unpaired) electrons. The first kappa shape index (κ1) is 15.8. The number of rotatable bonds is 4. The highest BCUT2D eigenvalue weighted by Crippen LogP contribution is 2.36. The lowest BCUT2D eigenvalue weighted by atomic mass is 10.1. The second-order valence-corrected chi connectivity index (χ2v) is 4.40. The Morgan fingerprint density at radius 1 is 1.14 bits per heavy atom. The summed E-state index contributed by atoms with van der Waals surface area (Å²) >= 11 is 0. The van der Waals surface area contributed by atoms with Gasteiger partial charge in [-0.1, -0.05) is 18.2 Å². The maximum Gasteiger partial charge on any atom is 0.419 e. The lowest BCUT2D eigenvalue weighted by molar-refractivity contribution is -0.139. The largest absolute Gasteiger partial charge is 0.488 e. The minimum absolute atomic E-state index is 0.246. The summed E-state index contributed by atoms with van der Waals surface area (Å²) in [6.45, 7) is -0.312. The van der Waals surface area contributed by atoms with Gasteiger partial charge in [0, 0.05) is 0 Å². The third kappa shape index (κ3) is 3.55. The van der Waals surface area contributed by atoms with E-state index in [2.05, 4.69) is 0 Å². The normalized spacial score (nSPS) is 11.3. The molecule has 1 N–H and O–H groups in total. The number of para-hydroxylation sites is 1. The fraction of sp³-hybridized carbons (Fsp3) is 0.133. The molecule has 2 aromatic carbocycles. The van der Waals surface area contributed by atoms with Gasteiger partial charge in [0.2, 0.25) is 0 Å². The Kier molecular flexibility index (Phi) is 4.35. The van der Waals surface area contributed by atoms with Crippen LogP contribution in [-0.4, -0.2) is 11.1 Å². The zero-order valence-corrected chi connectivity index (χ0v) is 11.0. The van der Waals surface area contributed by atoms with E-state index in [4.69, 9.17) is 9.84 Å². The molecule has 2 aromatic rings. The highest BCUT2D eigenvalue weighted by molar-refractivity contribution is 5.88. The first-order valence-corrected chi connectivity index (χ1v) is 6.10. The fourth-order valence-electron chi connectivity index (χ4n) is 1.81. The summed E-state index contributed by atoms with van der Waals surface area (Å²) in [5, 5.41) is 8.80. The minimum atomic E-state index is -4.56. The lowest BCUT2D eigenvalue weighted by Gasteiger charge is -2.14. The Hall–Kier alpha value is -2.57. The van der Waals surface area contributed by atoms with E-state index in [0.29, 0.717) is 0 Å². The van der Waals surface area contributed by atoms with Gasteiger partial charge in [0.15, 0.2) is 0 Å². The average molecular weight is 314 g/mol. The first-order valence-electron chi connectivity index (χ1n) is 6.10. The number of carbonyl (C=O) groups is 1. The van der Waals surface area contributed by atoms with Crippen molar-refractivity contribution in [3.05, 3.63) is 65.0 Å². The zero-order valence-electron chi connectivity index (χ0n) is 11.0. The van der Waals surface area contributed by atoms with Gasteiger partial charge in [0.1, 0.15) is 18.2 Å². The van der Waals surface area contributed by atoms with Crippen molar-refractivity contribution in [1.82, 2.24) is 0 Å². The molecule has 0 aromatic heterocycles. The van der Waals surface area contributed by atoms with Crippen molar-refractivity contribution in [2.75, 3.05) is 0 Å². The highest BCUT2D eigenvalue weighted by Gasteiger charge is 2.34. The fourth-order valence-corrected chi connectivity index (χ4v) is 1.81. The van der Waals surface area contributed by atoms with Crippen LogP contribution in [0.3, 0.4) is 0 Å². The lowest BCUT2D eigenvalue weighted by Crippen LogP contribution is -2.09. The molecule has 0 unspecified atom stereocenters. The molecule has 0 aliphatic carbocycles. The van der Waals surface area contributed by atoms with E-state index in [1.165, 1.54) is 18.2 Å². The van der Waals surface area contributed by atoms with Gasteiger partial charge in [-0.15, -0.1) is 0 Å². The molecule has 0 spiro atoms. The van der Waals surface area contributed by atoms with Gasteiger partial charge in [-0.2, -0.15) is 13.2 Å². The molecule has 2 rings (SSSR count). The topological polar surface area (TPSA) is 46.5 Å². The van der Waals surface area contributed by atoms with Crippen molar-refractivity contribution in [2.45, 2.75) is 12.8 Å². The first-order chi connectivity index (χ1) is 10.3. The molecule has 0 saturated heterocycles. The van der Waals surface area contributed by atoms with Crippen molar-refractivity contribution in [3.63, 3.8) is 0 Å². The van der Waals surface area contributed by atoms with Crippen molar-refractivity contribution >= 4 is 5.97 Å². The Balaban J connectivity index is 2.21. The molecule has 0 aliphatic rings. The zero-order chi connectivity index (χ0) is 16.3. The predicted octanol–water partition coefficient (Wildman–Crippen LogP) is 4.12.